The minimum Gasteiger partial charge on any atom is -0.381 e. The number of anilines is 2. The summed E-state index contributed by atoms with van der Waals surface area (Å²) in [7, 11) is 0. The second-order valence-corrected chi connectivity index (χ2v) is 10.4. The molecule has 180 valence electrons. The van der Waals surface area contributed by atoms with Crippen LogP contribution in [0.4, 0.5) is 11.4 Å². The molecule has 0 radical (unpaired) electrons. The van der Waals surface area contributed by atoms with E-state index in [1.807, 2.05) is 48.7 Å². The number of nitrogens with one attached hydrogen (secondary N) is 3. The minimum absolute atomic E-state index is 0.0854. The van der Waals surface area contributed by atoms with E-state index in [0.29, 0.717) is 17.1 Å². The van der Waals surface area contributed by atoms with E-state index >= 15 is 0 Å². The number of nitrogens with zero attached hydrogens (tertiary/aromatic N) is 1. The largest absolute Gasteiger partial charge is 0.381 e. The van der Waals surface area contributed by atoms with Crippen molar-refractivity contribution in [2.75, 3.05) is 23.7 Å². The first-order valence-electron chi connectivity index (χ1n) is 13.1. The second-order valence-electron chi connectivity index (χ2n) is 10.4. The van der Waals surface area contributed by atoms with Crippen LogP contribution in [0.3, 0.4) is 0 Å². The highest BCUT2D eigenvalue weighted by Gasteiger charge is 2.34. The number of hydrogen-bond acceptors (Lipinski definition) is 3. The van der Waals surface area contributed by atoms with Gasteiger partial charge in [-0.15, -0.1) is 0 Å². The highest BCUT2D eigenvalue weighted by molar-refractivity contribution is 6.07. The van der Waals surface area contributed by atoms with Gasteiger partial charge in [0.2, 0.25) is 0 Å². The Morgan fingerprint density at radius 1 is 0.941 bits per heavy atom. The molecule has 3 aromatic rings. The number of fused-ring (bicyclic) bond motifs is 1. The first-order valence-corrected chi connectivity index (χ1v) is 13.1. The molecule has 1 aliphatic carbocycles. The smallest absolute Gasteiger partial charge is 0.255 e. The van der Waals surface area contributed by atoms with Crippen LogP contribution < -0.4 is 10.6 Å². The van der Waals surface area contributed by atoms with Gasteiger partial charge in [0.05, 0.1) is 11.4 Å². The summed E-state index contributed by atoms with van der Waals surface area (Å²) in [6.07, 6.45) is 13.8. The molecule has 1 saturated heterocycles. The van der Waals surface area contributed by atoms with Crippen molar-refractivity contribution in [3.05, 3.63) is 60.3 Å². The summed E-state index contributed by atoms with van der Waals surface area (Å²) in [5, 5.41) is 7.98. The van der Waals surface area contributed by atoms with Gasteiger partial charge in [0, 0.05) is 41.9 Å². The lowest BCUT2D eigenvalue weighted by molar-refractivity contribution is 0.0542. The summed E-state index contributed by atoms with van der Waals surface area (Å²) >= 11 is 0. The summed E-state index contributed by atoms with van der Waals surface area (Å²) in [5.41, 5.74) is 3.85. The van der Waals surface area contributed by atoms with Crippen molar-refractivity contribution in [2.24, 2.45) is 0 Å². The molecule has 0 unspecified atom stereocenters. The second kappa shape index (κ2) is 10.2. The van der Waals surface area contributed by atoms with Gasteiger partial charge in [0.1, 0.15) is 0 Å². The van der Waals surface area contributed by atoms with Crippen LogP contribution >= 0.6 is 0 Å². The number of piperidine rings is 1. The Hall–Kier alpha value is -2.79. The molecule has 1 amide bonds. The third kappa shape index (κ3) is 5.15. The maximum atomic E-state index is 13.0. The number of benzene rings is 2. The van der Waals surface area contributed by atoms with E-state index in [9.17, 15) is 4.79 Å². The van der Waals surface area contributed by atoms with Gasteiger partial charge >= 0.3 is 0 Å². The van der Waals surface area contributed by atoms with Crippen LogP contribution in [-0.2, 0) is 0 Å². The summed E-state index contributed by atoms with van der Waals surface area (Å²) in [6, 6.07) is 16.3. The predicted molar refractivity (Wildman–Crippen MR) is 142 cm³/mol. The SMILES string of the molecule is CC1(N2CCC(Nc3ccccc3NC(=O)c3ccc4cc[nH]c4c3)CC2)CCCCCCC1. The molecule has 5 nitrogen and oxygen atoms in total. The molecule has 2 fully saturated rings. The normalized spacial score (nSPS) is 19.9. The van der Waals surface area contributed by atoms with Crippen molar-refractivity contribution in [1.82, 2.24) is 9.88 Å². The lowest BCUT2D eigenvalue weighted by atomic mass is 9.82. The van der Waals surface area contributed by atoms with Crippen LogP contribution in [0, 0.1) is 0 Å². The summed E-state index contributed by atoms with van der Waals surface area (Å²) in [4.78, 5) is 18.9. The average molecular weight is 459 g/mol. The highest BCUT2D eigenvalue weighted by atomic mass is 16.1. The first kappa shape index (κ1) is 23.0. The number of para-hydroxylation sites is 2. The molecule has 0 spiro atoms. The van der Waals surface area contributed by atoms with Gasteiger partial charge in [-0.1, -0.05) is 50.3 Å². The van der Waals surface area contributed by atoms with E-state index in [0.717, 1.165) is 48.2 Å². The van der Waals surface area contributed by atoms with Crippen LogP contribution in [0.15, 0.2) is 54.7 Å². The predicted octanol–water partition coefficient (Wildman–Crippen LogP) is 6.80. The Morgan fingerprint density at radius 2 is 1.65 bits per heavy atom. The number of aromatic nitrogens is 1. The minimum atomic E-state index is -0.0854. The fourth-order valence-corrected chi connectivity index (χ4v) is 5.87. The van der Waals surface area contributed by atoms with Crippen molar-refractivity contribution in [3.63, 3.8) is 0 Å². The van der Waals surface area contributed by atoms with Crippen LogP contribution in [0.1, 0.15) is 75.1 Å². The van der Waals surface area contributed by atoms with Crippen LogP contribution in [0.5, 0.6) is 0 Å². The third-order valence-electron chi connectivity index (χ3n) is 8.04. The number of likely N-dealkylation sites (tertiary alicyclic amines) is 1. The highest BCUT2D eigenvalue weighted by Crippen LogP contribution is 2.34. The fraction of sp³-hybridized carbons (Fsp3) is 0.483. The lowest BCUT2D eigenvalue weighted by Crippen LogP contribution is -2.52. The molecule has 2 aliphatic rings. The van der Waals surface area contributed by atoms with E-state index in [1.165, 1.54) is 44.9 Å². The van der Waals surface area contributed by atoms with Crippen molar-refractivity contribution >= 4 is 28.2 Å². The van der Waals surface area contributed by atoms with E-state index in [1.54, 1.807) is 0 Å². The maximum Gasteiger partial charge on any atom is 0.255 e. The topological polar surface area (TPSA) is 60.2 Å². The van der Waals surface area contributed by atoms with Gasteiger partial charge in [-0.2, -0.15) is 0 Å². The molecule has 5 rings (SSSR count). The Kier molecular flexibility index (Phi) is 6.91. The van der Waals surface area contributed by atoms with Gasteiger partial charge in [-0.05, 0) is 68.3 Å². The van der Waals surface area contributed by atoms with Crippen LogP contribution in [0.2, 0.25) is 0 Å². The monoisotopic (exact) mass is 458 g/mol. The quantitative estimate of drug-likeness (QED) is 0.394. The Morgan fingerprint density at radius 3 is 2.41 bits per heavy atom. The van der Waals surface area contributed by atoms with Crippen molar-refractivity contribution in [2.45, 2.75) is 76.3 Å². The number of hydrogen-bond donors (Lipinski definition) is 3. The van der Waals surface area contributed by atoms with E-state index in [2.05, 4.69) is 33.5 Å². The zero-order chi connectivity index (χ0) is 23.4. The van der Waals surface area contributed by atoms with E-state index < -0.39 is 0 Å². The summed E-state index contributed by atoms with van der Waals surface area (Å²) in [6.45, 7) is 4.80. The Balaban J connectivity index is 1.21. The zero-order valence-electron chi connectivity index (χ0n) is 20.4. The lowest BCUT2D eigenvalue weighted by Gasteiger charge is -2.46. The van der Waals surface area contributed by atoms with Crippen LogP contribution in [0.25, 0.3) is 10.9 Å². The van der Waals surface area contributed by atoms with E-state index in [4.69, 9.17) is 0 Å². The molecule has 2 heterocycles. The van der Waals surface area contributed by atoms with Gasteiger partial charge in [-0.25, -0.2) is 0 Å². The number of rotatable bonds is 5. The molecular formula is C29H38N4O. The number of amides is 1. The van der Waals surface area contributed by atoms with Crippen LogP contribution in [-0.4, -0.2) is 40.5 Å². The Bertz CT molecular complexity index is 1100. The fourth-order valence-electron chi connectivity index (χ4n) is 5.87. The van der Waals surface area contributed by atoms with Gasteiger partial charge in [-0.3, -0.25) is 9.69 Å². The molecule has 1 saturated carbocycles. The summed E-state index contributed by atoms with van der Waals surface area (Å²) < 4.78 is 0. The number of H-pyrrole nitrogens is 1. The Labute approximate surface area is 203 Å². The molecule has 5 heteroatoms. The number of aromatic amines is 1. The van der Waals surface area contributed by atoms with Crippen molar-refractivity contribution in [1.29, 1.82) is 0 Å². The molecule has 0 atom stereocenters. The van der Waals surface area contributed by atoms with Crippen molar-refractivity contribution in [3.8, 4) is 0 Å². The zero-order valence-corrected chi connectivity index (χ0v) is 20.4. The molecule has 2 aromatic carbocycles. The number of carbonyl (C=O) groups is 1. The molecule has 1 aliphatic heterocycles. The molecule has 1 aromatic heterocycles. The number of carbonyl (C=O) groups excluding carboxylic acids is 1. The van der Waals surface area contributed by atoms with Gasteiger partial charge in [0.15, 0.2) is 0 Å². The standard InChI is InChI=1S/C29H38N4O/c1-29(16-7-3-2-4-8-17-29)33-19-14-24(15-20-33)31-25-9-5-6-10-26(25)32-28(34)23-12-11-22-13-18-30-27(22)21-23/h5-6,9-13,18,21,24,30-31H,2-4,7-8,14-17,19-20H2,1H3,(H,32,34). The summed E-state index contributed by atoms with van der Waals surface area (Å²) in [5.74, 6) is -0.0854. The average Bonchev–Trinajstić information content (AvgIpc) is 3.31. The van der Waals surface area contributed by atoms with Crippen molar-refractivity contribution < 1.29 is 4.79 Å². The molecule has 0 bridgehead atoms. The molecular weight excluding hydrogens is 420 g/mol. The third-order valence-corrected chi connectivity index (χ3v) is 8.04. The first-order chi connectivity index (χ1) is 16.6. The van der Waals surface area contributed by atoms with Gasteiger partial charge < -0.3 is 15.6 Å². The van der Waals surface area contributed by atoms with E-state index in [-0.39, 0.29) is 5.91 Å². The molecule has 3 N–H and O–H groups in total. The molecule has 34 heavy (non-hydrogen) atoms. The van der Waals surface area contributed by atoms with Gasteiger partial charge in [0.25, 0.3) is 5.91 Å². The maximum absolute atomic E-state index is 13.0.